The number of allylic oxidation sites excluding steroid dienone is 2. The van der Waals surface area contributed by atoms with Gasteiger partial charge in [0.25, 0.3) is 0 Å². The number of esters is 1. The number of anilines is 3. The second-order valence-corrected chi connectivity index (χ2v) is 8.48. The lowest BCUT2D eigenvalue weighted by Crippen LogP contribution is -2.60. The number of nitrogen functional groups attached to an aromatic ring is 1. The molecule has 0 radical (unpaired) electrons. The van der Waals surface area contributed by atoms with E-state index in [2.05, 4.69) is 32.1 Å². The standard InChI is InChI=1S/C23H26ClFN6O2/c1-30-10-12-31(13-11-30)23(22(32)33-2)8-6-15(7-9-23)16-4-3-5-17(18(16)25)29-21-19(26)20(24)27-14-28-21/h3-8,14H,9-13,26H2,1-2H3,(H,27,28,29). The molecule has 0 spiro atoms. The zero-order valence-corrected chi connectivity index (χ0v) is 19.3. The molecule has 1 fully saturated rings. The number of likely N-dealkylation sites (N-methyl/N-ethyl adjacent to an activating group) is 1. The minimum absolute atomic E-state index is 0.0880. The Balaban J connectivity index is 1.61. The van der Waals surface area contributed by atoms with Crippen molar-refractivity contribution in [3.63, 3.8) is 0 Å². The number of nitrogens with one attached hydrogen (secondary N) is 1. The molecule has 33 heavy (non-hydrogen) atoms. The van der Waals surface area contributed by atoms with Gasteiger partial charge in [0.2, 0.25) is 0 Å². The van der Waals surface area contributed by atoms with E-state index in [0.29, 0.717) is 17.6 Å². The van der Waals surface area contributed by atoms with Gasteiger partial charge in [-0.2, -0.15) is 0 Å². The maximum atomic E-state index is 15.4. The number of piperazine rings is 1. The number of carbonyl (C=O) groups excluding carboxylic acids is 1. The van der Waals surface area contributed by atoms with Crippen LogP contribution in [0.3, 0.4) is 0 Å². The highest BCUT2D eigenvalue weighted by molar-refractivity contribution is 6.32. The monoisotopic (exact) mass is 472 g/mol. The number of hydrogen-bond acceptors (Lipinski definition) is 8. The number of methoxy groups -OCH3 is 1. The number of nitrogens with zero attached hydrogens (tertiary/aromatic N) is 4. The summed E-state index contributed by atoms with van der Waals surface area (Å²) in [7, 11) is 3.46. The summed E-state index contributed by atoms with van der Waals surface area (Å²) in [5.74, 6) is -0.558. The SMILES string of the molecule is COC(=O)C1(N2CCN(C)CC2)C=CC(c2cccc(Nc3ncnc(Cl)c3N)c2F)=CC1. The topological polar surface area (TPSA) is 96.6 Å². The molecule has 1 aromatic carbocycles. The molecule has 2 aromatic rings. The Labute approximate surface area is 196 Å². The van der Waals surface area contributed by atoms with Gasteiger partial charge < -0.3 is 20.7 Å². The van der Waals surface area contributed by atoms with Crippen molar-refractivity contribution in [2.75, 3.05) is 51.4 Å². The minimum atomic E-state index is -0.891. The second kappa shape index (κ2) is 9.46. The summed E-state index contributed by atoms with van der Waals surface area (Å²) >= 11 is 5.94. The van der Waals surface area contributed by atoms with Crippen LogP contribution >= 0.6 is 11.6 Å². The lowest BCUT2D eigenvalue weighted by molar-refractivity contribution is -0.153. The van der Waals surface area contributed by atoms with Gasteiger partial charge in [-0.05, 0) is 25.1 Å². The number of hydrogen-bond donors (Lipinski definition) is 2. The third kappa shape index (κ3) is 4.44. The summed E-state index contributed by atoms with van der Waals surface area (Å²) in [5, 5.41) is 2.97. The van der Waals surface area contributed by atoms with Crippen LogP contribution in [0.5, 0.6) is 0 Å². The summed E-state index contributed by atoms with van der Waals surface area (Å²) in [6.07, 6.45) is 7.14. The average Bonchev–Trinajstić information content (AvgIpc) is 2.83. The first kappa shape index (κ1) is 23.2. The van der Waals surface area contributed by atoms with Crippen LogP contribution < -0.4 is 11.1 Å². The Morgan fingerprint density at radius 1 is 1.27 bits per heavy atom. The van der Waals surface area contributed by atoms with Crippen LogP contribution in [0.25, 0.3) is 5.57 Å². The predicted molar refractivity (Wildman–Crippen MR) is 127 cm³/mol. The highest BCUT2D eigenvalue weighted by Gasteiger charge is 2.44. The molecule has 1 aromatic heterocycles. The fraction of sp³-hybridized carbons (Fsp3) is 0.348. The first-order valence-corrected chi connectivity index (χ1v) is 11.0. The van der Waals surface area contributed by atoms with Crippen LogP contribution in [0.15, 0.2) is 42.8 Å². The molecule has 1 saturated heterocycles. The predicted octanol–water partition coefficient (Wildman–Crippen LogP) is 3.10. The number of halogens is 2. The third-order valence-electron chi connectivity index (χ3n) is 6.18. The van der Waals surface area contributed by atoms with E-state index < -0.39 is 11.4 Å². The molecule has 4 rings (SSSR count). The van der Waals surface area contributed by atoms with Crippen molar-refractivity contribution >= 4 is 40.3 Å². The fourth-order valence-corrected chi connectivity index (χ4v) is 4.31. The summed E-state index contributed by atoms with van der Waals surface area (Å²) in [4.78, 5) is 25.0. The summed E-state index contributed by atoms with van der Waals surface area (Å²) in [6, 6.07) is 5.01. The van der Waals surface area contributed by atoms with Crippen molar-refractivity contribution in [1.29, 1.82) is 0 Å². The molecule has 0 bridgehead atoms. The van der Waals surface area contributed by atoms with E-state index in [-0.39, 0.29) is 28.3 Å². The molecule has 2 aliphatic rings. The van der Waals surface area contributed by atoms with Crippen molar-refractivity contribution in [2.45, 2.75) is 12.0 Å². The lowest BCUT2D eigenvalue weighted by Gasteiger charge is -2.44. The first-order valence-electron chi connectivity index (χ1n) is 10.6. The maximum Gasteiger partial charge on any atom is 0.330 e. The van der Waals surface area contributed by atoms with Gasteiger partial charge in [-0.3, -0.25) is 4.90 Å². The molecule has 1 aliphatic heterocycles. The molecule has 0 amide bonds. The number of nitrogens with two attached hydrogens (primary N) is 1. The molecule has 174 valence electrons. The van der Waals surface area contributed by atoms with E-state index in [9.17, 15) is 4.79 Å². The van der Waals surface area contributed by atoms with Crippen molar-refractivity contribution in [3.8, 4) is 0 Å². The van der Waals surface area contributed by atoms with Crippen LogP contribution in [-0.2, 0) is 9.53 Å². The Morgan fingerprint density at radius 2 is 2.03 bits per heavy atom. The van der Waals surface area contributed by atoms with Crippen molar-refractivity contribution < 1.29 is 13.9 Å². The fourth-order valence-electron chi connectivity index (χ4n) is 4.18. The van der Waals surface area contributed by atoms with Crippen LogP contribution in [-0.4, -0.2) is 71.6 Å². The first-order chi connectivity index (χ1) is 15.9. The molecule has 1 unspecified atom stereocenters. The Morgan fingerprint density at radius 3 is 2.70 bits per heavy atom. The Hall–Kier alpha value is -3.01. The second-order valence-electron chi connectivity index (χ2n) is 8.12. The Kier molecular flexibility index (Phi) is 6.64. The van der Waals surface area contributed by atoms with Gasteiger partial charge in [0.1, 0.15) is 17.6 Å². The van der Waals surface area contributed by atoms with E-state index in [0.717, 1.165) is 26.2 Å². The van der Waals surface area contributed by atoms with E-state index >= 15 is 4.39 Å². The molecule has 1 atom stereocenters. The van der Waals surface area contributed by atoms with Gasteiger partial charge >= 0.3 is 5.97 Å². The highest BCUT2D eigenvalue weighted by atomic mass is 35.5. The van der Waals surface area contributed by atoms with Gasteiger partial charge in [-0.25, -0.2) is 19.2 Å². The van der Waals surface area contributed by atoms with E-state index in [1.54, 1.807) is 24.3 Å². The van der Waals surface area contributed by atoms with Crippen LogP contribution in [0.1, 0.15) is 12.0 Å². The number of benzene rings is 1. The van der Waals surface area contributed by atoms with Crippen molar-refractivity contribution in [3.05, 3.63) is 59.3 Å². The Bertz CT molecular complexity index is 1120. The van der Waals surface area contributed by atoms with E-state index in [1.807, 2.05) is 12.2 Å². The number of ether oxygens (including phenoxy) is 1. The zero-order valence-electron chi connectivity index (χ0n) is 18.5. The summed E-state index contributed by atoms with van der Waals surface area (Å²) < 4.78 is 20.6. The van der Waals surface area contributed by atoms with Crippen molar-refractivity contribution in [1.82, 2.24) is 19.8 Å². The van der Waals surface area contributed by atoms with Gasteiger partial charge in [0, 0.05) is 31.7 Å². The smallest absolute Gasteiger partial charge is 0.330 e. The molecule has 8 nitrogen and oxygen atoms in total. The summed E-state index contributed by atoms with van der Waals surface area (Å²) in [5.41, 5.74) is 6.42. The third-order valence-corrected chi connectivity index (χ3v) is 6.48. The maximum absolute atomic E-state index is 15.4. The quantitative estimate of drug-likeness (QED) is 0.506. The zero-order chi connectivity index (χ0) is 23.6. The van der Waals surface area contributed by atoms with Crippen molar-refractivity contribution in [2.24, 2.45) is 0 Å². The molecular weight excluding hydrogens is 447 g/mol. The normalized spacial score (nSPS) is 21.5. The van der Waals surface area contributed by atoms with E-state index in [4.69, 9.17) is 22.1 Å². The highest BCUT2D eigenvalue weighted by Crippen LogP contribution is 2.36. The van der Waals surface area contributed by atoms with Gasteiger partial charge in [0.05, 0.1) is 12.8 Å². The number of rotatable bonds is 5. The molecule has 10 heteroatoms. The van der Waals surface area contributed by atoms with Crippen LogP contribution in [0.2, 0.25) is 5.15 Å². The molecular formula is C23H26ClFN6O2. The molecule has 0 saturated carbocycles. The molecule has 2 heterocycles. The number of aromatic nitrogens is 2. The van der Waals surface area contributed by atoms with Crippen LogP contribution in [0.4, 0.5) is 21.6 Å². The van der Waals surface area contributed by atoms with E-state index in [1.165, 1.54) is 13.4 Å². The molecule has 3 N–H and O–H groups in total. The number of carbonyl (C=O) groups is 1. The van der Waals surface area contributed by atoms with Crippen LogP contribution in [0, 0.1) is 5.82 Å². The van der Waals surface area contributed by atoms with Gasteiger partial charge in [0.15, 0.2) is 16.8 Å². The summed E-state index contributed by atoms with van der Waals surface area (Å²) in [6.45, 7) is 3.22. The lowest BCUT2D eigenvalue weighted by atomic mass is 9.84. The largest absolute Gasteiger partial charge is 0.467 e. The minimum Gasteiger partial charge on any atom is -0.467 e. The van der Waals surface area contributed by atoms with Gasteiger partial charge in [-0.1, -0.05) is 42.0 Å². The van der Waals surface area contributed by atoms with Gasteiger partial charge in [-0.15, -0.1) is 0 Å². The average molecular weight is 473 g/mol. The molecule has 1 aliphatic carbocycles.